The fraction of sp³-hybridized carbons (Fsp3) is 0.441. The van der Waals surface area contributed by atoms with Crippen LogP contribution in [0.25, 0.3) is 21.9 Å². The lowest BCUT2D eigenvalue weighted by atomic mass is 10.0. The van der Waals surface area contributed by atoms with Crippen LogP contribution in [0.3, 0.4) is 0 Å². The van der Waals surface area contributed by atoms with Crippen LogP contribution in [0.5, 0.6) is 17.2 Å². The van der Waals surface area contributed by atoms with Crippen LogP contribution in [0.4, 0.5) is 0 Å². The summed E-state index contributed by atoms with van der Waals surface area (Å²) in [7, 11) is 2.14. The third kappa shape index (κ3) is 6.44. The van der Waals surface area contributed by atoms with Gasteiger partial charge in [0.05, 0.1) is 17.0 Å². The first-order valence-corrected chi connectivity index (χ1v) is 15.2. The van der Waals surface area contributed by atoms with Crippen molar-refractivity contribution >= 4 is 27.8 Å². The van der Waals surface area contributed by atoms with Gasteiger partial charge in [-0.15, -0.1) is 0 Å². The maximum atomic E-state index is 13.5. The van der Waals surface area contributed by atoms with Gasteiger partial charge < -0.3 is 24.1 Å². The Morgan fingerprint density at radius 3 is 2.62 bits per heavy atom. The molecule has 0 spiro atoms. The fourth-order valence-electron chi connectivity index (χ4n) is 6.12. The fourth-order valence-corrected chi connectivity index (χ4v) is 6.12. The van der Waals surface area contributed by atoms with Crippen molar-refractivity contribution in [3.8, 4) is 17.2 Å². The van der Waals surface area contributed by atoms with E-state index in [2.05, 4.69) is 22.2 Å². The Kier molecular flexibility index (Phi) is 8.42. The molecule has 1 aliphatic carbocycles. The number of rotatable bonds is 9. The number of likely N-dealkylation sites (tertiary alicyclic amines) is 1. The van der Waals surface area contributed by atoms with Gasteiger partial charge in [-0.1, -0.05) is 19.3 Å². The first kappa shape index (κ1) is 28.2. The molecule has 1 saturated carbocycles. The summed E-state index contributed by atoms with van der Waals surface area (Å²) in [6, 6.07) is 13.4. The molecule has 42 heavy (non-hydrogen) atoms. The summed E-state index contributed by atoms with van der Waals surface area (Å²) >= 11 is 0. The van der Waals surface area contributed by atoms with Crippen LogP contribution in [-0.4, -0.2) is 48.1 Å². The highest BCUT2D eigenvalue weighted by atomic mass is 16.5. The number of aromatic nitrogens is 1. The van der Waals surface area contributed by atoms with E-state index >= 15 is 0 Å². The van der Waals surface area contributed by atoms with Gasteiger partial charge in [0.15, 0.2) is 11.3 Å². The Hall–Kier alpha value is -3.91. The molecule has 8 heteroatoms. The van der Waals surface area contributed by atoms with Crippen LogP contribution in [0, 0.1) is 6.92 Å². The Balaban J connectivity index is 1.17. The van der Waals surface area contributed by atoms with E-state index in [0.717, 1.165) is 37.1 Å². The van der Waals surface area contributed by atoms with Gasteiger partial charge in [0.25, 0.3) is 0 Å². The molecule has 2 aromatic carbocycles. The second-order valence-electron chi connectivity index (χ2n) is 11.8. The summed E-state index contributed by atoms with van der Waals surface area (Å²) in [5.41, 5.74) is 2.58. The number of likely N-dealkylation sites (N-methyl/N-ethyl adjacent to an activating group) is 1. The number of fused-ring (bicyclic) bond motifs is 2. The van der Waals surface area contributed by atoms with Gasteiger partial charge >= 0.3 is 0 Å². The molecule has 4 aromatic rings. The van der Waals surface area contributed by atoms with E-state index in [9.17, 15) is 9.59 Å². The van der Waals surface area contributed by atoms with Gasteiger partial charge in [-0.25, -0.2) is 0 Å². The van der Waals surface area contributed by atoms with Crippen molar-refractivity contribution in [1.82, 2.24) is 15.2 Å². The summed E-state index contributed by atoms with van der Waals surface area (Å²) in [6.45, 7) is 3.58. The molecule has 8 nitrogen and oxygen atoms in total. The zero-order valence-corrected chi connectivity index (χ0v) is 24.5. The Morgan fingerprint density at radius 2 is 1.83 bits per heavy atom. The lowest BCUT2D eigenvalue weighted by Gasteiger charge is -2.32. The van der Waals surface area contributed by atoms with Crippen molar-refractivity contribution in [2.45, 2.75) is 76.8 Å². The number of carbonyl (C=O) groups excluding carboxylic acids is 1. The first-order chi connectivity index (χ1) is 20.4. The number of nitrogens with zero attached hydrogens (tertiary/aromatic N) is 2. The third-order valence-corrected chi connectivity index (χ3v) is 8.57. The minimum absolute atomic E-state index is 0.0826. The van der Waals surface area contributed by atoms with Crippen molar-refractivity contribution in [2.75, 3.05) is 20.2 Å². The standard InChI is InChI=1S/C34H39N3O5/c1-22-17-29-33(39)28-14-13-26(19-30(28)42-34(29)31(18-22)40-21-25-9-5-6-16-37(25)2)41-27-12-10-23(35-20-27)11-15-32(38)36-24-7-3-4-8-24/h10,12-14,17-20,24-25H,3-9,11,15-16,21H2,1-2H3,(H,36,38). The Labute approximate surface area is 246 Å². The topological polar surface area (TPSA) is 93.9 Å². The molecule has 220 valence electrons. The average molecular weight is 570 g/mol. The normalized spacial score (nSPS) is 18.0. The minimum Gasteiger partial charge on any atom is -0.488 e. The van der Waals surface area contributed by atoms with Gasteiger partial charge in [-0.05, 0) is 94.6 Å². The molecule has 1 unspecified atom stereocenters. The molecule has 3 heterocycles. The highest BCUT2D eigenvalue weighted by Gasteiger charge is 2.21. The van der Waals surface area contributed by atoms with E-state index in [1.54, 1.807) is 24.4 Å². The SMILES string of the molecule is Cc1cc(OCC2CCCCN2C)c2oc3cc(Oc4ccc(CCC(=O)NC5CCCC5)nc4)ccc3c(=O)c2c1. The van der Waals surface area contributed by atoms with E-state index < -0.39 is 0 Å². The zero-order chi connectivity index (χ0) is 29.1. The summed E-state index contributed by atoms with van der Waals surface area (Å²) in [4.78, 5) is 32.5. The van der Waals surface area contributed by atoms with Crippen molar-refractivity contribution < 1.29 is 18.7 Å². The quantitative estimate of drug-likeness (QED) is 0.237. The van der Waals surface area contributed by atoms with Crippen molar-refractivity contribution in [3.05, 3.63) is 70.1 Å². The van der Waals surface area contributed by atoms with Crippen molar-refractivity contribution in [1.29, 1.82) is 0 Å². The van der Waals surface area contributed by atoms with Crippen LogP contribution < -0.4 is 20.2 Å². The summed E-state index contributed by atoms with van der Waals surface area (Å²) in [5, 5.41) is 4.12. The molecule has 2 aliphatic rings. The maximum absolute atomic E-state index is 13.5. The second kappa shape index (κ2) is 12.5. The number of aryl methyl sites for hydroxylation is 2. The number of nitrogens with one attached hydrogen (secondary N) is 1. The predicted molar refractivity (Wildman–Crippen MR) is 164 cm³/mol. The lowest BCUT2D eigenvalue weighted by Crippen LogP contribution is -2.40. The number of carbonyl (C=O) groups is 1. The number of benzene rings is 2. The second-order valence-corrected chi connectivity index (χ2v) is 11.8. The summed E-state index contributed by atoms with van der Waals surface area (Å²) in [5.74, 6) is 1.77. The molecule has 1 saturated heterocycles. The predicted octanol–water partition coefficient (Wildman–Crippen LogP) is 6.30. The average Bonchev–Trinajstić information content (AvgIpc) is 3.50. The molecule has 1 amide bonds. The Bertz CT molecular complexity index is 1620. The van der Waals surface area contributed by atoms with Crippen LogP contribution in [0.15, 0.2) is 57.9 Å². The van der Waals surface area contributed by atoms with Gasteiger partial charge in [0.1, 0.15) is 23.7 Å². The zero-order valence-electron chi connectivity index (χ0n) is 24.5. The first-order valence-electron chi connectivity index (χ1n) is 15.2. The molecule has 2 aromatic heterocycles. The molecule has 1 N–H and O–H groups in total. The van der Waals surface area contributed by atoms with Gasteiger partial charge in [-0.2, -0.15) is 0 Å². The van der Waals surface area contributed by atoms with E-state index in [4.69, 9.17) is 13.9 Å². The van der Waals surface area contributed by atoms with Gasteiger partial charge in [0.2, 0.25) is 11.3 Å². The third-order valence-electron chi connectivity index (χ3n) is 8.57. The number of hydrogen-bond donors (Lipinski definition) is 1. The lowest BCUT2D eigenvalue weighted by molar-refractivity contribution is -0.121. The molecule has 0 radical (unpaired) electrons. The highest BCUT2D eigenvalue weighted by molar-refractivity contribution is 5.93. The number of pyridine rings is 1. The molecule has 6 rings (SSSR count). The van der Waals surface area contributed by atoms with E-state index in [0.29, 0.717) is 70.7 Å². The van der Waals surface area contributed by atoms with E-state index in [1.165, 1.54) is 25.7 Å². The molecule has 1 aliphatic heterocycles. The molecule has 2 fully saturated rings. The highest BCUT2D eigenvalue weighted by Crippen LogP contribution is 2.32. The molecule has 0 bridgehead atoms. The smallest absolute Gasteiger partial charge is 0.220 e. The van der Waals surface area contributed by atoms with Crippen molar-refractivity contribution in [2.24, 2.45) is 0 Å². The van der Waals surface area contributed by atoms with Gasteiger partial charge in [-0.3, -0.25) is 14.6 Å². The van der Waals surface area contributed by atoms with E-state index in [-0.39, 0.29) is 11.3 Å². The van der Waals surface area contributed by atoms with Crippen LogP contribution in [0.2, 0.25) is 0 Å². The molecular formula is C34H39N3O5. The number of hydrogen-bond acceptors (Lipinski definition) is 7. The minimum atomic E-state index is -0.0934. The van der Waals surface area contributed by atoms with Crippen LogP contribution in [0.1, 0.15) is 62.6 Å². The van der Waals surface area contributed by atoms with Crippen LogP contribution >= 0.6 is 0 Å². The molecule has 1 atom stereocenters. The largest absolute Gasteiger partial charge is 0.488 e. The summed E-state index contributed by atoms with van der Waals surface area (Å²) in [6.07, 6.45) is 10.7. The van der Waals surface area contributed by atoms with Crippen molar-refractivity contribution in [3.63, 3.8) is 0 Å². The van der Waals surface area contributed by atoms with Crippen LogP contribution in [-0.2, 0) is 11.2 Å². The number of ether oxygens (including phenoxy) is 2. The number of piperidine rings is 1. The molecular weight excluding hydrogens is 530 g/mol. The van der Waals surface area contributed by atoms with E-state index in [1.807, 2.05) is 31.2 Å². The maximum Gasteiger partial charge on any atom is 0.220 e. The monoisotopic (exact) mass is 569 g/mol. The Morgan fingerprint density at radius 1 is 1.02 bits per heavy atom. The summed E-state index contributed by atoms with van der Waals surface area (Å²) < 4.78 is 18.6. The number of amides is 1. The van der Waals surface area contributed by atoms with Gasteiger partial charge in [0, 0.05) is 30.3 Å².